The van der Waals surface area contributed by atoms with Crippen LogP contribution in [0.1, 0.15) is 24.2 Å². The molecule has 1 aromatic heterocycles. The lowest BCUT2D eigenvalue weighted by atomic mass is 10.1. The maximum atomic E-state index is 13.9. The number of benzene rings is 1. The van der Waals surface area contributed by atoms with Crippen molar-refractivity contribution in [3.63, 3.8) is 0 Å². The molecule has 0 bridgehead atoms. The number of hydrogen-bond acceptors (Lipinski definition) is 2. The average molecular weight is 265 g/mol. The molecular formula is C14H17F2N3. The highest BCUT2D eigenvalue weighted by atomic mass is 19.2. The largest absolute Gasteiger partial charge is 0.309 e. The van der Waals surface area contributed by atoms with Crippen LogP contribution in [0.5, 0.6) is 0 Å². The molecule has 0 radical (unpaired) electrons. The van der Waals surface area contributed by atoms with Crippen LogP contribution in [0.3, 0.4) is 0 Å². The summed E-state index contributed by atoms with van der Waals surface area (Å²) in [5.41, 5.74) is 1.32. The van der Waals surface area contributed by atoms with Gasteiger partial charge in [0.25, 0.3) is 0 Å². The molecule has 1 unspecified atom stereocenters. The Kier molecular flexibility index (Phi) is 4.27. The summed E-state index contributed by atoms with van der Waals surface area (Å²) in [5, 5.41) is 7.34. The number of hydrogen-bond donors (Lipinski definition) is 1. The second-order valence-corrected chi connectivity index (χ2v) is 4.41. The zero-order valence-electron chi connectivity index (χ0n) is 11.0. The van der Waals surface area contributed by atoms with Crippen LogP contribution in [0, 0.1) is 18.6 Å². The van der Waals surface area contributed by atoms with Gasteiger partial charge in [-0.1, -0.05) is 19.1 Å². The first-order valence-electron chi connectivity index (χ1n) is 6.29. The van der Waals surface area contributed by atoms with Crippen molar-refractivity contribution in [2.45, 2.75) is 26.4 Å². The van der Waals surface area contributed by atoms with Crippen LogP contribution >= 0.6 is 0 Å². The second kappa shape index (κ2) is 5.93. The molecule has 0 spiro atoms. The average Bonchev–Trinajstić information content (AvgIpc) is 2.78. The molecular weight excluding hydrogens is 248 g/mol. The molecule has 0 aliphatic heterocycles. The van der Waals surface area contributed by atoms with Crippen LogP contribution in [-0.2, 0) is 6.54 Å². The Bertz CT molecular complexity index is 551. The molecule has 2 aromatic rings. The van der Waals surface area contributed by atoms with Crippen LogP contribution in [0.4, 0.5) is 8.78 Å². The van der Waals surface area contributed by atoms with E-state index in [1.165, 1.54) is 6.07 Å². The van der Waals surface area contributed by atoms with Gasteiger partial charge in [-0.25, -0.2) is 8.78 Å². The highest BCUT2D eigenvalue weighted by Gasteiger charge is 2.18. The van der Waals surface area contributed by atoms with Crippen molar-refractivity contribution in [2.24, 2.45) is 0 Å². The van der Waals surface area contributed by atoms with E-state index in [1.807, 2.05) is 19.9 Å². The number of likely N-dealkylation sites (N-methyl/N-ethyl adjacent to an activating group) is 1. The summed E-state index contributed by atoms with van der Waals surface area (Å²) in [7, 11) is 0. The fourth-order valence-corrected chi connectivity index (χ4v) is 2.07. The molecule has 1 atom stereocenters. The minimum atomic E-state index is -0.822. The lowest BCUT2D eigenvalue weighted by molar-refractivity contribution is 0.413. The smallest absolute Gasteiger partial charge is 0.163 e. The van der Waals surface area contributed by atoms with Crippen LogP contribution in [0.25, 0.3) is 0 Å². The Morgan fingerprint density at radius 3 is 2.74 bits per heavy atom. The number of rotatable bonds is 5. The topological polar surface area (TPSA) is 29.9 Å². The zero-order chi connectivity index (χ0) is 13.8. The van der Waals surface area contributed by atoms with Gasteiger partial charge in [0.05, 0.1) is 12.6 Å². The fraction of sp³-hybridized carbons (Fsp3) is 0.357. The van der Waals surface area contributed by atoms with E-state index in [2.05, 4.69) is 10.4 Å². The Balaban J connectivity index is 2.29. The number of aromatic nitrogens is 2. The standard InChI is InChI=1S/C14H17F2N3/c1-3-17-13(9-19-10(2)7-8-18-19)11-5-4-6-12(15)14(11)16/h4-8,13,17H,3,9H2,1-2H3. The molecule has 2 rings (SSSR count). The van der Waals surface area contributed by atoms with Crippen molar-refractivity contribution in [3.8, 4) is 0 Å². The normalized spacial score (nSPS) is 12.6. The van der Waals surface area contributed by atoms with Gasteiger partial charge in [0.2, 0.25) is 0 Å². The van der Waals surface area contributed by atoms with E-state index >= 15 is 0 Å². The molecule has 0 saturated heterocycles. The molecule has 0 saturated carbocycles. The summed E-state index contributed by atoms with van der Waals surface area (Å²) in [4.78, 5) is 0. The first kappa shape index (κ1) is 13.7. The number of nitrogens with one attached hydrogen (secondary N) is 1. The molecule has 0 aliphatic carbocycles. The minimum absolute atomic E-state index is 0.306. The Hall–Kier alpha value is -1.75. The van der Waals surface area contributed by atoms with Crippen LogP contribution in [0.2, 0.25) is 0 Å². The summed E-state index contributed by atoms with van der Waals surface area (Å²) in [6.45, 7) is 4.99. The van der Waals surface area contributed by atoms with Crippen molar-refractivity contribution in [2.75, 3.05) is 6.54 Å². The van der Waals surface area contributed by atoms with Gasteiger partial charge in [-0.2, -0.15) is 5.10 Å². The lowest BCUT2D eigenvalue weighted by Gasteiger charge is -2.20. The third-order valence-electron chi connectivity index (χ3n) is 3.09. The maximum Gasteiger partial charge on any atom is 0.163 e. The molecule has 19 heavy (non-hydrogen) atoms. The van der Waals surface area contributed by atoms with Crippen molar-refractivity contribution < 1.29 is 8.78 Å². The van der Waals surface area contributed by atoms with E-state index in [9.17, 15) is 8.78 Å². The van der Waals surface area contributed by atoms with Crippen LogP contribution < -0.4 is 5.32 Å². The fourth-order valence-electron chi connectivity index (χ4n) is 2.07. The summed E-state index contributed by atoms with van der Waals surface area (Å²) < 4.78 is 28.9. The monoisotopic (exact) mass is 265 g/mol. The molecule has 5 heteroatoms. The molecule has 0 aliphatic rings. The van der Waals surface area contributed by atoms with Crippen molar-refractivity contribution in [1.82, 2.24) is 15.1 Å². The van der Waals surface area contributed by atoms with Gasteiger partial charge in [0, 0.05) is 17.5 Å². The lowest BCUT2D eigenvalue weighted by Crippen LogP contribution is -2.27. The quantitative estimate of drug-likeness (QED) is 0.901. The minimum Gasteiger partial charge on any atom is -0.309 e. The van der Waals surface area contributed by atoms with Gasteiger partial charge >= 0.3 is 0 Å². The van der Waals surface area contributed by atoms with Gasteiger partial charge in [-0.05, 0) is 25.6 Å². The number of aryl methyl sites for hydroxylation is 1. The number of nitrogens with zero attached hydrogens (tertiary/aromatic N) is 2. The Morgan fingerprint density at radius 2 is 2.11 bits per heavy atom. The highest BCUT2D eigenvalue weighted by molar-refractivity contribution is 5.22. The van der Waals surface area contributed by atoms with Crippen molar-refractivity contribution in [3.05, 3.63) is 53.4 Å². The van der Waals surface area contributed by atoms with Crippen LogP contribution in [0.15, 0.2) is 30.5 Å². The van der Waals surface area contributed by atoms with Crippen LogP contribution in [-0.4, -0.2) is 16.3 Å². The molecule has 102 valence electrons. The third kappa shape index (κ3) is 2.98. The SMILES string of the molecule is CCNC(Cn1nccc1C)c1cccc(F)c1F. The van der Waals surface area contributed by atoms with Gasteiger partial charge in [0.1, 0.15) is 0 Å². The molecule has 0 amide bonds. The predicted octanol–water partition coefficient (Wildman–Crippen LogP) is 2.82. The third-order valence-corrected chi connectivity index (χ3v) is 3.09. The van der Waals surface area contributed by atoms with E-state index in [4.69, 9.17) is 0 Å². The van der Waals surface area contributed by atoms with Gasteiger partial charge in [0.15, 0.2) is 11.6 Å². The number of halogens is 2. The first-order chi connectivity index (χ1) is 9.13. The summed E-state index contributed by atoms with van der Waals surface area (Å²) in [6, 6.07) is 5.82. The van der Waals surface area contributed by atoms with E-state index in [1.54, 1.807) is 16.9 Å². The maximum absolute atomic E-state index is 13.9. The van der Waals surface area contributed by atoms with Crippen molar-refractivity contribution >= 4 is 0 Å². The first-order valence-corrected chi connectivity index (χ1v) is 6.29. The summed E-state index contributed by atoms with van der Waals surface area (Å²) in [6.07, 6.45) is 1.69. The van der Waals surface area contributed by atoms with E-state index in [-0.39, 0.29) is 6.04 Å². The molecule has 0 fully saturated rings. The van der Waals surface area contributed by atoms with Crippen molar-refractivity contribution in [1.29, 1.82) is 0 Å². The molecule has 1 N–H and O–H groups in total. The molecule has 1 heterocycles. The van der Waals surface area contributed by atoms with Gasteiger partial charge in [-0.15, -0.1) is 0 Å². The zero-order valence-corrected chi connectivity index (χ0v) is 11.0. The van der Waals surface area contributed by atoms with E-state index < -0.39 is 11.6 Å². The Morgan fingerprint density at radius 1 is 1.32 bits per heavy atom. The highest BCUT2D eigenvalue weighted by Crippen LogP contribution is 2.21. The van der Waals surface area contributed by atoms with E-state index in [0.29, 0.717) is 18.7 Å². The van der Waals surface area contributed by atoms with E-state index in [0.717, 1.165) is 11.8 Å². The molecule has 1 aromatic carbocycles. The Labute approximate surface area is 111 Å². The summed E-state index contributed by atoms with van der Waals surface area (Å²) in [5.74, 6) is -1.61. The second-order valence-electron chi connectivity index (χ2n) is 4.41. The van der Waals surface area contributed by atoms with Gasteiger partial charge < -0.3 is 5.32 Å². The van der Waals surface area contributed by atoms with Gasteiger partial charge in [-0.3, -0.25) is 4.68 Å². The molecule has 3 nitrogen and oxygen atoms in total. The predicted molar refractivity (Wildman–Crippen MR) is 69.7 cm³/mol. The summed E-state index contributed by atoms with van der Waals surface area (Å²) >= 11 is 0.